The summed E-state index contributed by atoms with van der Waals surface area (Å²) in [5, 5.41) is 4.50. The third-order valence-electron chi connectivity index (χ3n) is 3.62. The smallest absolute Gasteiger partial charge is 0.161 e. The lowest BCUT2D eigenvalue weighted by Crippen LogP contribution is -2.17. The zero-order valence-corrected chi connectivity index (χ0v) is 12.6. The molecule has 1 aromatic carbocycles. The standard InChI is InChI=1S/C15H21FN2S/c1-4-11(5-2)14-9-17-15(19-14)18-13-8-10(3)6-7-12(13)16/h6-8,11,14H,4-5,9H2,1-3H3,(H,17,18). The van der Waals surface area contributed by atoms with Crippen LogP contribution in [0.1, 0.15) is 32.3 Å². The maximum Gasteiger partial charge on any atom is 0.161 e. The van der Waals surface area contributed by atoms with E-state index >= 15 is 0 Å². The summed E-state index contributed by atoms with van der Waals surface area (Å²) < 4.78 is 13.7. The lowest BCUT2D eigenvalue weighted by molar-refractivity contribution is 0.479. The minimum atomic E-state index is -0.222. The zero-order chi connectivity index (χ0) is 13.8. The van der Waals surface area contributed by atoms with E-state index < -0.39 is 0 Å². The molecule has 19 heavy (non-hydrogen) atoms. The number of hydrogen-bond acceptors (Lipinski definition) is 3. The molecule has 2 nitrogen and oxygen atoms in total. The largest absolute Gasteiger partial charge is 0.333 e. The van der Waals surface area contributed by atoms with Gasteiger partial charge in [0.25, 0.3) is 0 Å². The van der Waals surface area contributed by atoms with E-state index in [-0.39, 0.29) is 5.82 Å². The summed E-state index contributed by atoms with van der Waals surface area (Å²) in [6, 6.07) is 5.09. The van der Waals surface area contributed by atoms with E-state index in [1.165, 1.54) is 18.9 Å². The van der Waals surface area contributed by atoms with Crippen LogP contribution in [0.2, 0.25) is 0 Å². The molecule has 0 aliphatic carbocycles. The molecule has 2 rings (SSSR count). The van der Waals surface area contributed by atoms with Gasteiger partial charge in [-0.1, -0.05) is 44.5 Å². The van der Waals surface area contributed by atoms with E-state index in [2.05, 4.69) is 24.2 Å². The fraction of sp³-hybridized carbons (Fsp3) is 0.533. The van der Waals surface area contributed by atoms with Gasteiger partial charge in [-0.15, -0.1) is 0 Å². The fourth-order valence-electron chi connectivity index (χ4n) is 2.37. The highest BCUT2D eigenvalue weighted by molar-refractivity contribution is 8.15. The normalized spacial score (nSPS) is 18.8. The number of thioether (sulfide) groups is 1. The summed E-state index contributed by atoms with van der Waals surface area (Å²) in [5.41, 5.74) is 1.57. The van der Waals surface area contributed by atoms with Crippen LogP contribution in [-0.2, 0) is 0 Å². The Bertz CT molecular complexity index is 469. The summed E-state index contributed by atoms with van der Waals surface area (Å²) in [5.74, 6) is 0.468. The van der Waals surface area contributed by atoms with Crippen LogP contribution in [-0.4, -0.2) is 17.0 Å². The number of benzene rings is 1. The number of amidine groups is 1. The molecule has 4 heteroatoms. The lowest BCUT2D eigenvalue weighted by atomic mass is 9.99. The van der Waals surface area contributed by atoms with Crippen LogP contribution in [0.5, 0.6) is 0 Å². The summed E-state index contributed by atoms with van der Waals surface area (Å²) in [4.78, 5) is 4.50. The SMILES string of the molecule is CCC(CC)C1CN=C(Nc2cc(C)ccc2F)S1. The Morgan fingerprint density at radius 2 is 2.16 bits per heavy atom. The number of nitrogens with one attached hydrogen (secondary N) is 1. The van der Waals surface area contributed by atoms with Crippen molar-refractivity contribution in [2.75, 3.05) is 11.9 Å². The number of aliphatic imine (C=N–C) groups is 1. The van der Waals surface area contributed by atoms with E-state index in [9.17, 15) is 4.39 Å². The maximum absolute atomic E-state index is 13.7. The predicted molar refractivity (Wildman–Crippen MR) is 82.5 cm³/mol. The molecule has 1 N–H and O–H groups in total. The Morgan fingerprint density at radius 1 is 1.42 bits per heavy atom. The van der Waals surface area contributed by atoms with Crippen LogP contribution in [0.15, 0.2) is 23.2 Å². The highest BCUT2D eigenvalue weighted by atomic mass is 32.2. The van der Waals surface area contributed by atoms with E-state index in [1.807, 2.05) is 13.0 Å². The van der Waals surface area contributed by atoms with Crippen molar-refractivity contribution in [3.63, 3.8) is 0 Å². The van der Waals surface area contributed by atoms with Gasteiger partial charge in [-0.05, 0) is 30.5 Å². The first-order valence-corrected chi connectivity index (χ1v) is 7.76. The number of aryl methyl sites for hydroxylation is 1. The minimum absolute atomic E-state index is 0.222. The molecule has 1 aromatic rings. The van der Waals surface area contributed by atoms with Crippen LogP contribution in [0.3, 0.4) is 0 Å². The molecule has 0 amide bonds. The van der Waals surface area contributed by atoms with Crippen molar-refractivity contribution in [2.24, 2.45) is 10.9 Å². The topological polar surface area (TPSA) is 24.4 Å². The van der Waals surface area contributed by atoms with Crippen LogP contribution in [0.4, 0.5) is 10.1 Å². The van der Waals surface area contributed by atoms with Gasteiger partial charge in [-0.3, -0.25) is 4.99 Å². The van der Waals surface area contributed by atoms with Gasteiger partial charge in [0.15, 0.2) is 5.17 Å². The van der Waals surface area contributed by atoms with Crippen LogP contribution < -0.4 is 5.32 Å². The Labute approximate surface area is 118 Å². The maximum atomic E-state index is 13.7. The van der Waals surface area contributed by atoms with E-state index in [4.69, 9.17) is 0 Å². The second-order valence-electron chi connectivity index (χ2n) is 4.99. The summed E-state index contributed by atoms with van der Waals surface area (Å²) in [6.07, 6.45) is 2.35. The lowest BCUT2D eigenvalue weighted by Gasteiger charge is -2.18. The van der Waals surface area contributed by atoms with Gasteiger partial charge in [0.1, 0.15) is 5.82 Å². The van der Waals surface area contributed by atoms with Crippen molar-refractivity contribution in [2.45, 2.75) is 38.9 Å². The third-order valence-corrected chi connectivity index (χ3v) is 4.91. The molecule has 1 heterocycles. The molecule has 1 aliphatic heterocycles. The fourth-order valence-corrected chi connectivity index (χ4v) is 3.70. The van der Waals surface area contributed by atoms with Gasteiger partial charge >= 0.3 is 0 Å². The molecule has 0 spiro atoms. The first kappa shape index (κ1) is 14.4. The summed E-state index contributed by atoms with van der Waals surface area (Å²) in [6.45, 7) is 7.24. The Balaban J connectivity index is 2.00. The molecule has 0 fully saturated rings. The van der Waals surface area contributed by atoms with Crippen molar-refractivity contribution in [3.05, 3.63) is 29.6 Å². The highest BCUT2D eigenvalue weighted by Crippen LogP contribution is 2.32. The van der Waals surface area contributed by atoms with Gasteiger partial charge < -0.3 is 5.32 Å². The molecule has 104 valence electrons. The second kappa shape index (κ2) is 6.42. The van der Waals surface area contributed by atoms with E-state index in [0.717, 1.165) is 17.3 Å². The zero-order valence-electron chi connectivity index (χ0n) is 11.7. The third kappa shape index (κ3) is 3.50. The second-order valence-corrected chi connectivity index (χ2v) is 6.21. The molecule has 1 aliphatic rings. The van der Waals surface area contributed by atoms with Crippen molar-refractivity contribution in [3.8, 4) is 0 Å². The van der Waals surface area contributed by atoms with Crippen molar-refractivity contribution in [1.29, 1.82) is 0 Å². The van der Waals surface area contributed by atoms with Gasteiger partial charge in [-0.25, -0.2) is 4.39 Å². The predicted octanol–water partition coefficient (Wildman–Crippen LogP) is 4.45. The van der Waals surface area contributed by atoms with Gasteiger partial charge in [0.2, 0.25) is 0 Å². The molecule has 1 unspecified atom stereocenters. The van der Waals surface area contributed by atoms with Crippen molar-refractivity contribution in [1.82, 2.24) is 0 Å². The average Bonchev–Trinajstić information content (AvgIpc) is 2.84. The minimum Gasteiger partial charge on any atom is -0.333 e. The first-order chi connectivity index (χ1) is 9.13. The van der Waals surface area contributed by atoms with E-state index in [1.54, 1.807) is 17.8 Å². The Kier molecular flexibility index (Phi) is 4.86. The highest BCUT2D eigenvalue weighted by Gasteiger charge is 2.26. The number of hydrogen-bond donors (Lipinski definition) is 1. The van der Waals surface area contributed by atoms with E-state index in [0.29, 0.717) is 16.9 Å². The molecule has 0 bridgehead atoms. The van der Waals surface area contributed by atoms with Crippen LogP contribution in [0.25, 0.3) is 0 Å². The molecular weight excluding hydrogens is 259 g/mol. The van der Waals surface area contributed by atoms with Gasteiger partial charge in [0.05, 0.1) is 12.2 Å². The summed E-state index contributed by atoms with van der Waals surface area (Å²) >= 11 is 1.75. The van der Waals surface area contributed by atoms with Gasteiger partial charge in [0, 0.05) is 5.25 Å². The summed E-state index contributed by atoms with van der Waals surface area (Å²) in [7, 11) is 0. The monoisotopic (exact) mass is 280 g/mol. The molecule has 0 saturated heterocycles. The van der Waals surface area contributed by atoms with Crippen molar-refractivity contribution < 1.29 is 4.39 Å². The molecule has 0 aromatic heterocycles. The van der Waals surface area contributed by atoms with Crippen LogP contribution >= 0.6 is 11.8 Å². The van der Waals surface area contributed by atoms with Crippen LogP contribution in [0, 0.1) is 18.7 Å². The van der Waals surface area contributed by atoms with Gasteiger partial charge in [-0.2, -0.15) is 0 Å². The van der Waals surface area contributed by atoms with Crippen molar-refractivity contribution >= 4 is 22.6 Å². The number of nitrogens with zero attached hydrogens (tertiary/aromatic N) is 1. The number of anilines is 1. The molecule has 0 radical (unpaired) electrons. The Hall–Kier alpha value is -1.03. The molecular formula is C15H21FN2S. The first-order valence-electron chi connectivity index (χ1n) is 6.88. The molecule has 0 saturated carbocycles. The average molecular weight is 280 g/mol. The quantitative estimate of drug-likeness (QED) is 0.881. The number of rotatable bonds is 4. The Morgan fingerprint density at radius 3 is 2.84 bits per heavy atom. The number of halogens is 1. The molecule has 1 atom stereocenters.